The number of imidazole rings is 1. The lowest BCUT2D eigenvalue weighted by molar-refractivity contribution is -0.118. The van der Waals surface area contributed by atoms with Crippen LogP contribution in [0.1, 0.15) is 23.6 Å². The lowest BCUT2D eigenvalue weighted by Gasteiger charge is -2.21. The number of hydrogen-bond acceptors (Lipinski definition) is 4. The topological polar surface area (TPSA) is 105 Å². The number of amides is 3. The number of aromatic nitrogens is 2. The van der Waals surface area contributed by atoms with E-state index in [4.69, 9.17) is 33.9 Å². The van der Waals surface area contributed by atoms with Crippen molar-refractivity contribution in [1.82, 2.24) is 14.9 Å². The normalized spacial score (nSPS) is 11.8. The van der Waals surface area contributed by atoms with Crippen LogP contribution in [0, 0.1) is 25.5 Å². The van der Waals surface area contributed by atoms with E-state index in [0.717, 1.165) is 23.4 Å². The molecule has 4 N–H and O–H groups in total. The first-order chi connectivity index (χ1) is 22.1. The molecule has 12 heteroatoms. The van der Waals surface area contributed by atoms with Gasteiger partial charge in [-0.15, -0.1) is 0 Å². The molecule has 3 amide bonds. The van der Waals surface area contributed by atoms with E-state index < -0.39 is 29.6 Å². The van der Waals surface area contributed by atoms with E-state index in [1.165, 1.54) is 12.1 Å². The quantitative estimate of drug-likeness (QED) is 0.136. The number of nitrogens with two attached hydrogens (primary N) is 1. The molecule has 1 heterocycles. The number of fused-ring (bicyclic) bond motifs is 1. The monoisotopic (exact) mass is 662 g/mol. The van der Waals surface area contributed by atoms with Crippen molar-refractivity contribution < 1.29 is 18.4 Å². The Morgan fingerprint density at radius 3 is 2.30 bits per heavy atom. The molecule has 4 aromatic carbocycles. The molecule has 1 atom stereocenters. The van der Waals surface area contributed by atoms with E-state index in [-0.39, 0.29) is 18.0 Å². The minimum Gasteiger partial charge on any atom is -0.372 e. The third kappa shape index (κ3) is 7.41. The van der Waals surface area contributed by atoms with E-state index in [2.05, 4.69) is 24.5 Å². The van der Waals surface area contributed by atoms with E-state index in [0.29, 0.717) is 51.8 Å². The van der Waals surface area contributed by atoms with Gasteiger partial charge in [-0.2, -0.15) is 0 Å². The largest absolute Gasteiger partial charge is 0.372 e. The zero-order valence-electron chi connectivity index (χ0n) is 24.6. The highest BCUT2D eigenvalue weighted by Crippen LogP contribution is 2.31. The summed E-state index contributed by atoms with van der Waals surface area (Å²) in [5.41, 5.74) is 10.0. The molecular formula is C34H30Cl2F2N6O2. The molecule has 0 saturated heterocycles. The second-order valence-corrected chi connectivity index (χ2v) is 11.3. The van der Waals surface area contributed by atoms with E-state index >= 15 is 0 Å². The molecule has 0 aliphatic carbocycles. The molecule has 5 aromatic rings. The molecule has 2 radical (unpaired) electrons. The van der Waals surface area contributed by atoms with Gasteiger partial charge in [-0.1, -0.05) is 35.3 Å². The Hall–Kier alpha value is -4.67. The van der Waals surface area contributed by atoms with E-state index in [9.17, 15) is 18.4 Å². The van der Waals surface area contributed by atoms with Crippen LogP contribution in [0.2, 0.25) is 10.0 Å². The Morgan fingerprint density at radius 1 is 0.913 bits per heavy atom. The average Bonchev–Trinajstić information content (AvgIpc) is 3.38. The second-order valence-electron chi connectivity index (χ2n) is 10.5. The van der Waals surface area contributed by atoms with Crippen molar-refractivity contribution in [2.75, 3.05) is 23.3 Å². The predicted molar refractivity (Wildman–Crippen MR) is 179 cm³/mol. The van der Waals surface area contributed by atoms with Crippen molar-refractivity contribution in [3.05, 3.63) is 126 Å². The Balaban J connectivity index is 1.52. The zero-order valence-corrected chi connectivity index (χ0v) is 26.1. The van der Waals surface area contributed by atoms with E-state index in [1.807, 2.05) is 33.7 Å². The number of nitrogens with zero attached hydrogens (tertiary/aromatic N) is 3. The molecule has 1 aromatic heterocycles. The van der Waals surface area contributed by atoms with Gasteiger partial charge < -0.3 is 25.8 Å². The fraction of sp³-hybridized carbons (Fsp3) is 0.147. The highest BCUT2D eigenvalue weighted by Gasteiger charge is 2.21. The summed E-state index contributed by atoms with van der Waals surface area (Å²) in [7, 11) is 0. The fourth-order valence-electron chi connectivity index (χ4n) is 5.11. The Bertz CT molecular complexity index is 1890. The van der Waals surface area contributed by atoms with Crippen LogP contribution in [-0.4, -0.2) is 34.6 Å². The Morgan fingerprint density at radius 2 is 1.65 bits per heavy atom. The number of anilines is 2. The maximum absolute atomic E-state index is 14.2. The van der Waals surface area contributed by atoms with Gasteiger partial charge in [-0.3, -0.25) is 4.79 Å². The van der Waals surface area contributed by atoms with Gasteiger partial charge in [0.05, 0.1) is 33.5 Å². The smallest absolute Gasteiger partial charge is 0.319 e. The van der Waals surface area contributed by atoms with Crippen LogP contribution in [0.4, 0.5) is 25.0 Å². The summed E-state index contributed by atoms with van der Waals surface area (Å²) in [5.74, 6) is -1.92. The SMILES string of the molecule is [CH2]CN(C[CH2])c1ccc(-c2nc3cc(C(CC(N)=O)NC(=O)Nc4ccc(Cl)c(Cl)c4)ccc3n2Cc2ccc(F)c(F)c2)cc1. The standard InChI is InChI=1S/C34H30Cl2F2N6O2/c1-3-43(4-2)24-10-6-21(7-11-24)33-41-30-16-22(8-14-31(30)44(33)19-20-5-13-27(37)28(38)15-20)29(18-32(39)45)42-34(46)40-23-9-12-25(35)26(36)17-23/h5-17,29H,1-4,18-19H2,(H2,39,45)(H2,40,42,46). The molecule has 0 spiro atoms. The van der Waals surface area contributed by atoms with Gasteiger partial charge in [-0.05, 0) is 91.7 Å². The molecule has 1 unspecified atom stereocenters. The van der Waals surface area contributed by atoms with Crippen LogP contribution in [-0.2, 0) is 11.3 Å². The molecule has 0 bridgehead atoms. The molecule has 46 heavy (non-hydrogen) atoms. The van der Waals surface area contributed by atoms with Gasteiger partial charge in [0.1, 0.15) is 5.82 Å². The van der Waals surface area contributed by atoms with Crippen molar-refractivity contribution in [1.29, 1.82) is 0 Å². The number of urea groups is 1. The highest BCUT2D eigenvalue weighted by atomic mass is 35.5. The van der Waals surface area contributed by atoms with Gasteiger partial charge >= 0.3 is 6.03 Å². The van der Waals surface area contributed by atoms with Crippen LogP contribution in [0.3, 0.4) is 0 Å². The maximum atomic E-state index is 14.2. The molecule has 0 fully saturated rings. The average molecular weight is 664 g/mol. The lowest BCUT2D eigenvalue weighted by atomic mass is 10.0. The zero-order chi connectivity index (χ0) is 33.0. The molecule has 0 aliphatic heterocycles. The first-order valence-electron chi connectivity index (χ1n) is 14.2. The summed E-state index contributed by atoms with van der Waals surface area (Å²) >= 11 is 12.0. The van der Waals surface area contributed by atoms with Crippen molar-refractivity contribution in [2.24, 2.45) is 5.73 Å². The summed E-state index contributed by atoms with van der Waals surface area (Å²) in [6.07, 6.45) is -0.181. The van der Waals surface area contributed by atoms with Crippen LogP contribution >= 0.6 is 23.2 Å². The third-order valence-electron chi connectivity index (χ3n) is 7.42. The second kappa shape index (κ2) is 14.2. The van der Waals surface area contributed by atoms with E-state index in [1.54, 1.807) is 30.3 Å². The first-order valence-corrected chi connectivity index (χ1v) is 15.0. The maximum Gasteiger partial charge on any atom is 0.319 e. The minimum absolute atomic E-state index is 0.181. The number of carbonyl (C=O) groups is 2. The highest BCUT2D eigenvalue weighted by molar-refractivity contribution is 6.42. The predicted octanol–water partition coefficient (Wildman–Crippen LogP) is 7.55. The number of primary amides is 1. The lowest BCUT2D eigenvalue weighted by Crippen LogP contribution is -2.34. The summed E-state index contributed by atoms with van der Waals surface area (Å²) < 4.78 is 29.8. The van der Waals surface area contributed by atoms with Crippen LogP contribution in [0.5, 0.6) is 0 Å². The molecule has 236 valence electrons. The van der Waals surface area contributed by atoms with Crippen molar-refractivity contribution in [2.45, 2.75) is 19.0 Å². The minimum atomic E-state index is -0.948. The first kappa shape index (κ1) is 32.7. The molecule has 0 aliphatic rings. The van der Waals surface area contributed by atoms with Gasteiger partial charge in [0.25, 0.3) is 0 Å². The number of halogens is 4. The van der Waals surface area contributed by atoms with Gasteiger partial charge in [0, 0.05) is 36.6 Å². The number of carbonyl (C=O) groups excluding carboxylic acids is 2. The summed E-state index contributed by atoms with van der Waals surface area (Å²) in [6, 6.07) is 20.1. The van der Waals surface area contributed by atoms with Crippen LogP contribution in [0.15, 0.2) is 78.9 Å². The molecule has 5 rings (SSSR count). The van der Waals surface area contributed by atoms with Crippen molar-refractivity contribution in [3.63, 3.8) is 0 Å². The van der Waals surface area contributed by atoms with Crippen molar-refractivity contribution in [3.8, 4) is 11.4 Å². The summed E-state index contributed by atoms with van der Waals surface area (Å²) in [4.78, 5) is 31.8. The van der Waals surface area contributed by atoms with Gasteiger partial charge in [0.15, 0.2) is 11.6 Å². The number of benzene rings is 4. The molecular weight excluding hydrogens is 633 g/mol. The van der Waals surface area contributed by atoms with Crippen molar-refractivity contribution >= 4 is 57.5 Å². The summed E-state index contributed by atoms with van der Waals surface area (Å²) in [6.45, 7) is 9.18. The van der Waals surface area contributed by atoms with Gasteiger partial charge in [0.2, 0.25) is 5.91 Å². The number of rotatable bonds is 11. The fourth-order valence-corrected chi connectivity index (χ4v) is 5.41. The third-order valence-corrected chi connectivity index (χ3v) is 8.16. The van der Waals surface area contributed by atoms with Gasteiger partial charge in [-0.25, -0.2) is 18.6 Å². The molecule has 8 nitrogen and oxygen atoms in total. The number of nitrogens with one attached hydrogen (secondary N) is 2. The van der Waals surface area contributed by atoms with Crippen LogP contribution in [0.25, 0.3) is 22.4 Å². The Labute approximate surface area is 275 Å². The van der Waals surface area contributed by atoms with Crippen LogP contribution < -0.4 is 21.3 Å². The Kier molecular flexibility index (Phi) is 10.1. The summed E-state index contributed by atoms with van der Waals surface area (Å²) in [5, 5.41) is 6.08. The molecule has 0 saturated carbocycles. The number of hydrogen-bond donors (Lipinski definition) is 3.